The zero-order chi connectivity index (χ0) is 25.6. The van der Waals surface area contributed by atoms with Gasteiger partial charge in [-0.1, -0.05) is 78.0 Å². The van der Waals surface area contributed by atoms with Gasteiger partial charge < -0.3 is 9.80 Å². The highest BCUT2D eigenvalue weighted by Crippen LogP contribution is 2.37. The second-order valence-corrected chi connectivity index (χ2v) is 9.63. The standard InChI is InChI=1S/C29H31FN6O/c1-35(18-8-9-21-14-16-24(30)17-15-21)25-19-26(28-31-33-34-32-28)36(20-25)29(37)27(22-10-4-2-5-11-22)23-12-6-3-7-13-23/h2-7,10-17,25-27H,8-9,18-20H2,1H3,(H,31,32,33,34)/t25-,26?/m0/s1. The SMILES string of the molecule is CN(CCCc1ccc(F)cc1)[C@H]1CC(c2nn[nH]n2)N(C(=O)C(c2ccccc2)c2ccccc2)C1. The summed E-state index contributed by atoms with van der Waals surface area (Å²) in [7, 11) is 2.10. The Morgan fingerprint density at radius 3 is 2.27 bits per heavy atom. The summed E-state index contributed by atoms with van der Waals surface area (Å²) < 4.78 is 13.2. The van der Waals surface area contributed by atoms with Crippen LogP contribution in [0.15, 0.2) is 84.9 Å². The Morgan fingerprint density at radius 2 is 1.68 bits per heavy atom. The van der Waals surface area contributed by atoms with Crippen molar-refractivity contribution < 1.29 is 9.18 Å². The van der Waals surface area contributed by atoms with Crippen molar-refractivity contribution in [2.75, 3.05) is 20.1 Å². The molecule has 1 saturated heterocycles. The van der Waals surface area contributed by atoms with E-state index in [1.807, 2.05) is 77.7 Å². The van der Waals surface area contributed by atoms with Gasteiger partial charge in [-0.2, -0.15) is 5.21 Å². The molecule has 4 aromatic rings. The summed E-state index contributed by atoms with van der Waals surface area (Å²) in [6, 6.07) is 26.4. The van der Waals surface area contributed by atoms with Gasteiger partial charge in [0.1, 0.15) is 5.82 Å². The van der Waals surface area contributed by atoms with E-state index >= 15 is 0 Å². The number of H-pyrrole nitrogens is 1. The third-order valence-corrected chi connectivity index (χ3v) is 7.25. The number of carbonyl (C=O) groups is 1. The minimum absolute atomic E-state index is 0.0365. The van der Waals surface area contributed by atoms with Gasteiger partial charge in [0.05, 0.1) is 12.0 Å². The normalized spacial score (nSPS) is 17.6. The van der Waals surface area contributed by atoms with Crippen LogP contribution < -0.4 is 0 Å². The zero-order valence-electron chi connectivity index (χ0n) is 20.9. The average Bonchev–Trinajstić information content (AvgIpc) is 3.62. The first-order valence-electron chi connectivity index (χ1n) is 12.7. The van der Waals surface area contributed by atoms with Crippen LogP contribution in [-0.4, -0.2) is 62.5 Å². The molecule has 7 nitrogen and oxygen atoms in total. The molecular formula is C29H31FN6O. The quantitative estimate of drug-likeness (QED) is 0.371. The summed E-state index contributed by atoms with van der Waals surface area (Å²) in [4.78, 5) is 18.5. The number of likely N-dealkylation sites (tertiary alicyclic amines) is 1. The molecule has 0 radical (unpaired) electrons. The molecule has 1 N–H and O–H groups in total. The number of benzene rings is 3. The molecule has 1 amide bonds. The number of amides is 1. The number of halogens is 1. The van der Waals surface area contributed by atoms with Crippen LogP contribution in [0.3, 0.4) is 0 Å². The number of rotatable bonds is 9. The highest BCUT2D eigenvalue weighted by Gasteiger charge is 2.42. The molecule has 0 spiro atoms. The first-order chi connectivity index (χ1) is 18.1. The summed E-state index contributed by atoms with van der Waals surface area (Å²) in [6.45, 7) is 1.45. The van der Waals surface area contributed by atoms with E-state index in [4.69, 9.17) is 0 Å². The van der Waals surface area contributed by atoms with Crippen molar-refractivity contribution >= 4 is 5.91 Å². The van der Waals surface area contributed by atoms with Crippen LogP contribution >= 0.6 is 0 Å². The number of aryl methyl sites for hydroxylation is 1. The number of likely N-dealkylation sites (N-methyl/N-ethyl adjacent to an activating group) is 1. The molecule has 1 aliphatic rings. The predicted molar refractivity (Wildman–Crippen MR) is 139 cm³/mol. The summed E-state index contributed by atoms with van der Waals surface area (Å²) in [5.41, 5.74) is 3.04. The lowest BCUT2D eigenvalue weighted by Crippen LogP contribution is -2.39. The summed E-state index contributed by atoms with van der Waals surface area (Å²) in [6.07, 6.45) is 2.54. The Balaban J connectivity index is 1.34. The number of carbonyl (C=O) groups excluding carboxylic acids is 1. The topological polar surface area (TPSA) is 78.0 Å². The molecule has 1 fully saturated rings. The second-order valence-electron chi connectivity index (χ2n) is 9.63. The van der Waals surface area contributed by atoms with Crippen LogP contribution in [0.5, 0.6) is 0 Å². The minimum Gasteiger partial charge on any atom is -0.330 e. The molecule has 1 aliphatic heterocycles. The second kappa shape index (κ2) is 11.4. The summed E-state index contributed by atoms with van der Waals surface area (Å²) in [5.74, 6) is -0.0578. The molecule has 37 heavy (non-hydrogen) atoms. The smallest absolute Gasteiger partial charge is 0.235 e. The zero-order valence-corrected chi connectivity index (χ0v) is 20.9. The van der Waals surface area contributed by atoms with Crippen LogP contribution in [0.2, 0.25) is 0 Å². The van der Waals surface area contributed by atoms with Crippen molar-refractivity contribution in [3.05, 3.63) is 113 Å². The van der Waals surface area contributed by atoms with Crippen molar-refractivity contribution in [2.45, 2.75) is 37.3 Å². The fraction of sp³-hybridized carbons (Fsp3) is 0.310. The lowest BCUT2D eigenvalue weighted by molar-refractivity contribution is -0.133. The van der Waals surface area contributed by atoms with Crippen molar-refractivity contribution in [1.82, 2.24) is 30.4 Å². The third-order valence-electron chi connectivity index (χ3n) is 7.25. The van der Waals surface area contributed by atoms with Gasteiger partial charge in [0.15, 0.2) is 5.82 Å². The van der Waals surface area contributed by atoms with Gasteiger partial charge >= 0.3 is 0 Å². The first-order valence-corrected chi connectivity index (χ1v) is 12.7. The maximum Gasteiger partial charge on any atom is 0.235 e. The molecule has 1 aromatic heterocycles. The van der Waals surface area contributed by atoms with E-state index in [-0.39, 0.29) is 23.8 Å². The van der Waals surface area contributed by atoms with Gasteiger partial charge in [0.25, 0.3) is 0 Å². The van der Waals surface area contributed by atoms with Gasteiger partial charge in [-0.25, -0.2) is 4.39 Å². The van der Waals surface area contributed by atoms with Crippen LogP contribution in [0.1, 0.15) is 47.3 Å². The molecule has 2 atom stereocenters. The monoisotopic (exact) mass is 498 g/mol. The number of tetrazole rings is 1. The van der Waals surface area contributed by atoms with Crippen LogP contribution in [0, 0.1) is 5.82 Å². The lowest BCUT2D eigenvalue weighted by Gasteiger charge is -2.28. The van der Waals surface area contributed by atoms with Gasteiger partial charge in [-0.15, -0.1) is 10.2 Å². The molecule has 2 heterocycles. The number of hydrogen-bond donors (Lipinski definition) is 1. The number of aromatic amines is 1. The highest BCUT2D eigenvalue weighted by molar-refractivity contribution is 5.87. The largest absolute Gasteiger partial charge is 0.330 e. The number of nitrogens with zero attached hydrogens (tertiary/aromatic N) is 5. The van der Waals surface area contributed by atoms with Crippen molar-refractivity contribution in [2.24, 2.45) is 0 Å². The van der Waals surface area contributed by atoms with E-state index in [0.29, 0.717) is 12.4 Å². The Labute approximate surface area is 216 Å². The van der Waals surface area contributed by atoms with E-state index in [9.17, 15) is 9.18 Å². The first kappa shape index (κ1) is 24.8. The Kier molecular flexibility index (Phi) is 7.65. The molecule has 3 aromatic carbocycles. The Hall–Kier alpha value is -3.91. The van der Waals surface area contributed by atoms with Gasteiger partial charge in [-0.3, -0.25) is 4.79 Å². The summed E-state index contributed by atoms with van der Waals surface area (Å²) in [5, 5.41) is 14.8. The number of nitrogens with one attached hydrogen (secondary N) is 1. The predicted octanol–water partition coefficient (Wildman–Crippen LogP) is 4.38. The molecule has 0 bridgehead atoms. The van der Waals surface area contributed by atoms with E-state index in [1.54, 1.807) is 0 Å². The molecule has 8 heteroatoms. The summed E-state index contributed by atoms with van der Waals surface area (Å²) >= 11 is 0. The van der Waals surface area contributed by atoms with Crippen LogP contribution in [0.4, 0.5) is 4.39 Å². The van der Waals surface area contributed by atoms with Crippen LogP contribution in [-0.2, 0) is 11.2 Å². The number of hydrogen-bond acceptors (Lipinski definition) is 5. The fourth-order valence-electron chi connectivity index (χ4n) is 5.23. The Bertz CT molecular complexity index is 1230. The minimum atomic E-state index is -0.417. The van der Waals surface area contributed by atoms with Gasteiger partial charge in [-0.05, 0) is 61.7 Å². The highest BCUT2D eigenvalue weighted by atomic mass is 19.1. The van der Waals surface area contributed by atoms with Crippen molar-refractivity contribution in [1.29, 1.82) is 0 Å². The van der Waals surface area contributed by atoms with Crippen LogP contribution in [0.25, 0.3) is 0 Å². The molecule has 0 saturated carbocycles. The average molecular weight is 499 g/mol. The Morgan fingerprint density at radius 1 is 1.03 bits per heavy atom. The maximum atomic E-state index is 14.2. The van der Waals surface area contributed by atoms with Crippen molar-refractivity contribution in [3.63, 3.8) is 0 Å². The molecule has 5 rings (SSSR count). The molecule has 0 aliphatic carbocycles. The van der Waals surface area contributed by atoms with E-state index < -0.39 is 5.92 Å². The van der Waals surface area contributed by atoms with E-state index in [2.05, 4.69) is 32.6 Å². The molecule has 1 unspecified atom stereocenters. The molecular weight excluding hydrogens is 467 g/mol. The van der Waals surface area contributed by atoms with E-state index in [0.717, 1.165) is 42.5 Å². The van der Waals surface area contributed by atoms with Gasteiger partial charge in [0, 0.05) is 12.6 Å². The maximum absolute atomic E-state index is 14.2. The number of aromatic nitrogens is 4. The van der Waals surface area contributed by atoms with E-state index in [1.165, 1.54) is 12.1 Å². The van der Waals surface area contributed by atoms with Gasteiger partial charge in [0.2, 0.25) is 5.91 Å². The van der Waals surface area contributed by atoms with Crippen molar-refractivity contribution in [3.8, 4) is 0 Å². The fourth-order valence-corrected chi connectivity index (χ4v) is 5.23. The third kappa shape index (κ3) is 5.75. The molecule has 190 valence electrons. The lowest BCUT2D eigenvalue weighted by atomic mass is 9.90.